The van der Waals surface area contributed by atoms with E-state index < -0.39 is 9.84 Å². The number of hydrogen-bond donors (Lipinski definition) is 0. The molecule has 2 aromatic carbocycles. The number of benzene rings is 2. The van der Waals surface area contributed by atoms with Crippen molar-refractivity contribution >= 4 is 16.1 Å². The third-order valence-corrected chi connectivity index (χ3v) is 3.63. The summed E-state index contributed by atoms with van der Waals surface area (Å²) in [6, 6.07) is 12.8. The molecule has 0 saturated carbocycles. The Bertz CT molecular complexity index is 670. The fraction of sp³-hybridized carbons (Fsp3) is 0.0714. The number of sulfone groups is 1. The minimum atomic E-state index is -3.20. The predicted octanol–water partition coefficient (Wildman–Crippen LogP) is 2.69. The Morgan fingerprint density at radius 3 is 1.79 bits per heavy atom. The minimum absolute atomic E-state index is 0.246. The SMILES string of the molecule is CS(=O)(=O)c1ccc(Oc2ccc(C=O)cc2)cc1. The van der Waals surface area contributed by atoms with Crippen LogP contribution in [0.15, 0.2) is 53.4 Å². The molecule has 0 aliphatic carbocycles. The molecule has 0 heterocycles. The van der Waals surface area contributed by atoms with Gasteiger partial charge in [-0.05, 0) is 48.5 Å². The topological polar surface area (TPSA) is 60.4 Å². The molecule has 4 nitrogen and oxygen atoms in total. The second-order valence-corrected chi connectivity index (χ2v) is 6.05. The van der Waals surface area contributed by atoms with E-state index >= 15 is 0 Å². The van der Waals surface area contributed by atoms with E-state index in [2.05, 4.69) is 0 Å². The average Bonchev–Trinajstić information content (AvgIpc) is 2.39. The van der Waals surface area contributed by atoms with Crippen LogP contribution in [0.2, 0.25) is 0 Å². The molecule has 0 aromatic heterocycles. The van der Waals surface area contributed by atoms with Crippen LogP contribution < -0.4 is 4.74 Å². The molecular weight excluding hydrogens is 264 g/mol. The molecule has 98 valence electrons. The zero-order valence-electron chi connectivity index (χ0n) is 10.2. The molecule has 0 N–H and O–H groups in total. The normalized spacial score (nSPS) is 11.0. The zero-order chi connectivity index (χ0) is 13.9. The number of rotatable bonds is 4. The highest BCUT2D eigenvalue weighted by Gasteiger charge is 2.06. The van der Waals surface area contributed by atoms with Gasteiger partial charge >= 0.3 is 0 Å². The first kappa shape index (κ1) is 13.3. The summed E-state index contributed by atoms with van der Waals surface area (Å²) in [5.74, 6) is 1.11. The number of carbonyl (C=O) groups is 1. The lowest BCUT2D eigenvalue weighted by Gasteiger charge is -2.06. The van der Waals surface area contributed by atoms with Crippen molar-refractivity contribution in [3.8, 4) is 11.5 Å². The van der Waals surface area contributed by atoms with Gasteiger partial charge in [-0.1, -0.05) is 0 Å². The number of carbonyl (C=O) groups excluding carboxylic acids is 1. The Labute approximate surface area is 111 Å². The van der Waals surface area contributed by atoms with Crippen LogP contribution in [0.4, 0.5) is 0 Å². The van der Waals surface area contributed by atoms with E-state index in [1.165, 1.54) is 12.1 Å². The van der Waals surface area contributed by atoms with Crippen LogP contribution >= 0.6 is 0 Å². The molecule has 2 aromatic rings. The van der Waals surface area contributed by atoms with Crippen LogP contribution in [0.25, 0.3) is 0 Å². The summed E-state index contributed by atoms with van der Waals surface area (Å²) in [6.07, 6.45) is 1.91. The highest BCUT2D eigenvalue weighted by atomic mass is 32.2. The zero-order valence-corrected chi connectivity index (χ0v) is 11.1. The maximum atomic E-state index is 11.3. The second kappa shape index (κ2) is 5.24. The molecule has 0 unspecified atom stereocenters. The summed E-state index contributed by atoms with van der Waals surface area (Å²) in [4.78, 5) is 10.8. The Hall–Kier alpha value is -2.14. The maximum absolute atomic E-state index is 11.3. The Morgan fingerprint density at radius 1 is 0.895 bits per heavy atom. The molecule has 0 atom stereocenters. The van der Waals surface area contributed by atoms with E-state index in [1.54, 1.807) is 36.4 Å². The predicted molar refractivity (Wildman–Crippen MR) is 71.5 cm³/mol. The van der Waals surface area contributed by atoms with Crippen molar-refractivity contribution in [2.75, 3.05) is 6.26 Å². The van der Waals surface area contributed by atoms with Gasteiger partial charge in [0.2, 0.25) is 0 Å². The maximum Gasteiger partial charge on any atom is 0.175 e. The number of ether oxygens (including phenoxy) is 1. The summed E-state index contributed by atoms with van der Waals surface area (Å²) in [5, 5.41) is 0. The van der Waals surface area contributed by atoms with Gasteiger partial charge in [0, 0.05) is 11.8 Å². The molecule has 0 spiro atoms. The lowest BCUT2D eigenvalue weighted by Crippen LogP contribution is -1.96. The molecular formula is C14H12O4S. The smallest absolute Gasteiger partial charge is 0.175 e. The fourth-order valence-corrected chi connectivity index (χ4v) is 2.14. The van der Waals surface area contributed by atoms with Crippen LogP contribution in [0.3, 0.4) is 0 Å². The lowest BCUT2D eigenvalue weighted by atomic mass is 10.2. The van der Waals surface area contributed by atoms with E-state index in [4.69, 9.17) is 4.74 Å². The molecule has 0 bridgehead atoms. The van der Waals surface area contributed by atoms with Gasteiger partial charge in [-0.2, -0.15) is 0 Å². The summed E-state index contributed by atoms with van der Waals surface area (Å²) in [7, 11) is -3.20. The molecule has 0 saturated heterocycles. The van der Waals surface area contributed by atoms with Crippen molar-refractivity contribution in [1.29, 1.82) is 0 Å². The Kier molecular flexibility index (Phi) is 3.66. The summed E-state index contributed by atoms with van der Waals surface area (Å²) in [5.41, 5.74) is 0.569. The highest BCUT2D eigenvalue weighted by Crippen LogP contribution is 2.22. The van der Waals surface area contributed by atoms with Gasteiger partial charge in [0.1, 0.15) is 17.8 Å². The summed E-state index contributed by atoms with van der Waals surface area (Å²) in [6.45, 7) is 0. The highest BCUT2D eigenvalue weighted by molar-refractivity contribution is 7.90. The molecule has 0 aliphatic heterocycles. The minimum Gasteiger partial charge on any atom is -0.457 e. The fourth-order valence-electron chi connectivity index (χ4n) is 1.51. The van der Waals surface area contributed by atoms with Gasteiger partial charge in [-0.3, -0.25) is 4.79 Å². The van der Waals surface area contributed by atoms with Gasteiger partial charge in [-0.15, -0.1) is 0 Å². The largest absolute Gasteiger partial charge is 0.457 e. The average molecular weight is 276 g/mol. The third kappa shape index (κ3) is 3.42. The van der Waals surface area contributed by atoms with E-state index in [-0.39, 0.29) is 4.90 Å². The second-order valence-electron chi connectivity index (χ2n) is 4.03. The summed E-state index contributed by atoms with van der Waals surface area (Å²) >= 11 is 0. The molecule has 2 rings (SSSR count). The van der Waals surface area contributed by atoms with Crippen LogP contribution in [0.5, 0.6) is 11.5 Å². The van der Waals surface area contributed by atoms with Gasteiger partial charge in [0.15, 0.2) is 9.84 Å². The quantitative estimate of drug-likeness (QED) is 0.805. The first-order valence-electron chi connectivity index (χ1n) is 5.52. The van der Waals surface area contributed by atoms with E-state index in [0.717, 1.165) is 12.5 Å². The van der Waals surface area contributed by atoms with Gasteiger partial charge < -0.3 is 4.74 Å². The van der Waals surface area contributed by atoms with E-state index in [1.807, 2.05) is 0 Å². The molecule has 5 heteroatoms. The van der Waals surface area contributed by atoms with E-state index in [9.17, 15) is 13.2 Å². The van der Waals surface area contributed by atoms with Crippen LogP contribution in [-0.4, -0.2) is 21.0 Å². The van der Waals surface area contributed by atoms with Crippen molar-refractivity contribution < 1.29 is 17.9 Å². The van der Waals surface area contributed by atoms with Gasteiger partial charge in [0.05, 0.1) is 4.90 Å². The monoisotopic (exact) mass is 276 g/mol. The third-order valence-electron chi connectivity index (χ3n) is 2.50. The van der Waals surface area contributed by atoms with Crippen molar-refractivity contribution in [3.05, 3.63) is 54.1 Å². The van der Waals surface area contributed by atoms with Crippen LogP contribution in [0.1, 0.15) is 10.4 Å². The molecule has 0 fully saturated rings. The van der Waals surface area contributed by atoms with Crippen molar-refractivity contribution in [1.82, 2.24) is 0 Å². The summed E-state index contributed by atoms with van der Waals surface area (Å²) < 4.78 is 28.1. The molecule has 19 heavy (non-hydrogen) atoms. The molecule has 0 aliphatic rings. The van der Waals surface area contributed by atoms with Crippen molar-refractivity contribution in [3.63, 3.8) is 0 Å². The van der Waals surface area contributed by atoms with Crippen molar-refractivity contribution in [2.45, 2.75) is 4.90 Å². The number of hydrogen-bond acceptors (Lipinski definition) is 4. The first-order valence-corrected chi connectivity index (χ1v) is 7.41. The Balaban J connectivity index is 2.17. The standard InChI is InChI=1S/C14H12O4S/c1-19(16,17)14-8-6-13(7-9-14)18-12-4-2-11(10-15)3-5-12/h2-10H,1H3. The van der Waals surface area contributed by atoms with Crippen molar-refractivity contribution in [2.24, 2.45) is 0 Å². The number of aldehydes is 1. The van der Waals surface area contributed by atoms with Gasteiger partial charge in [0.25, 0.3) is 0 Å². The molecule has 0 radical (unpaired) electrons. The first-order chi connectivity index (χ1) is 8.99. The van der Waals surface area contributed by atoms with E-state index in [0.29, 0.717) is 17.1 Å². The van der Waals surface area contributed by atoms with Crippen LogP contribution in [-0.2, 0) is 9.84 Å². The molecule has 0 amide bonds. The van der Waals surface area contributed by atoms with Crippen LogP contribution in [0, 0.1) is 0 Å². The van der Waals surface area contributed by atoms with Gasteiger partial charge in [-0.25, -0.2) is 8.42 Å². The lowest BCUT2D eigenvalue weighted by molar-refractivity contribution is 0.112. The Morgan fingerprint density at radius 2 is 1.37 bits per heavy atom.